The van der Waals surface area contributed by atoms with Crippen molar-refractivity contribution in [3.63, 3.8) is 0 Å². The molecule has 100 valence electrons. The van der Waals surface area contributed by atoms with Crippen LogP contribution in [0.3, 0.4) is 0 Å². The molecule has 3 aliphatic carbocycles. The molecule has 0 amide bonds. The van der Waals surface area contributed by atoms with Crippen LogP contribution in [0.2, 0.25) is 0 Å². The fourth-order valence-electron chi connectivity index (χ4n) is 5.20. The second kappa shape index (κ2) is 4.19. The van der Waals surface area contributed by atoms with E-state index < -0.39 is 0 Å². The average molecular weight is 248 g/mol. The zero-order valence-electron chi connectivity index (χ0n) is 11.3. The highest BCUT2D eigenvalue weighted by Crippen LogP contribution is 2.67. The van der Waals surface area contributed by atoms with Crippen LogP contribution in [0.5, 0.6) is 0 Å². The SMILES string of the molecule is C=C1[C@H]2CCC(=O)[C@]3(CC[C@H](O)[C@H]13)[C@@H]2CCCC. The Hall–Kier alpha value is -0.630. The molecule has 0 aromatic heterocycles. The van der Waals surface area contributed by atoms with Crippen LogP contribution in [-0.4, -0.2) is 17.0 Å². The van der Waals surface area contributed by atoms with Crippen molar-refractivity contribution in [3.05, 3.63) is 12.2 Å². The summed E-state index contributed by atoms with van der Waals surface area (Å²) in [5, 5.41) is 10.3. The van der Waals surface area contributed by atoms with E-state index in [1.807, 2.05) is 0 Å². The van der Waals surface area contributed by atoms with Gasteiger partial charge in [-0.05, 0) is 37.5 Å². The minimum atomic E-state index is -0.311. The third-order valence-electron chi connectivity index (χ3n) is 5.89. The van der Waals surface area contributed by atoms with E-state index in [-0.39, 0.29) is 17.4 Å². The Morgan fingerprint density at radius 3 is 2.94 bits per heavy atom. The molecule has 3 saturated carbocycles. The van der Waals surface area contributed by atoms with Gasteiger partial charge in [-0.3, -0.25) is 4.79 Å². The van der Waals surface area contributed by atoms with E-state index >= 15 is 0 Å². The smallest absolute Gasteiger partial charge is 0.140 e. The lowest BCUT2D eigenvalue weighted by atomic mass is 9.63. The predicted molar refractivity (Wildman–Crippen MR) is 71.0 cm³/mol. The number of carbonyl (C=O) groups is 1. The molecule has 18 heavy (non-hydrogen) atoms. The summed E-state index contributed by atoms with van der Waals surface area (Å²) < 4.78 is 0. The number of unbranched alkanes of at least 4 members (excludes halogenated alkanes) is 1. The normalized spacial score (nSPS) is 46.6. The number of Topliss-reactive ketones (excluding diaryl/α,β-unsaturated/α-hetero) is 1. The zero-order chi connectivity index (χ0) is 12.9. The number of rotatable bonds is 3. The van der Waals surface area contributed by atoms with Crippen LogP contribution >= 0.6 is 0 Å². The molecule has 0 heterocycles. The maximum atomic E-state index is 12.6. The number of aliphatic hydroxyl groups is 1. The maximum absolute atomic E-state index is 12.6. The van der Waals surface area contributed by atoms with Gasteiger partial charge >= 0.3 is 0 Å². The number of ketones is 1. The number of carbonyl (C=O) groups excluding carboxylic acids is 1. The molecule has 2 nitrogen and oxygen atoms in total. The van der Waals surface area contributed by atoms with Crippen molar-refractivity contribution < 1.29 is 9.90 Å². The summed E-state index contributed by atoms with van der Waals surface area (Å²) in [7, 11) is 0. The Bertz CT molecular complexity index is 387. The summed E-state index contributed by atoms with van der Waals surface area (Å²) in [5.41, 5.74) is 0.987. The summed E-state index contributed by atoms with van der Waals surface area (Å²) in [6.45, 7) is 6.47. The monoisotopic (exact) mass is 248 g/mol. The topological polar surface area (TPSA) is 37.3 Å². The van der Waals surface area contributed by atoms with Crippen molar-refractivity contribution in [2.45, 2.75) is 58.0 Å². The molecule has 0 aromatic rings. The van der Waals surface area contributed by atoms with E-state index in [1.54, 1.807) is 0 Å². The fourth-order valence-corrected chi connectivity index (χ4v) is 5.20. The Morgan fingerprint density at radius 2 is 2.22 bits per heavy atom. The summed E-state index contributed by atoms with van der Waals surface area (Å²) in [6, 6.07) is 0. The van der Waals surface area contributed by atoms with Gasteiger partial charge in [0.15, 0.2) is 0 Å². The van der Waals surface area contributed by atoms with Crippen molar-refractivity contribution in [1.82, 2.24) is 0 Å². The van der Waals surface area contributed by atoms with E-state index in [9.17, 15) is 9.90 Å². The van der Waals surface area contributed by atoms with Gasteiger partial charge in [0.25, 0.3) is 0 Å². The first kappa shape index (κ1) is 12.4. The van der Waals surface area contributed by atoms with Gasteiger partial charge in [-0.2, -0.15) is 0 Å². The van der Waals surface area contributed by atoms with Gasteiger partial charge in [-0.25, -0.2) is 0 Å². The summed E-state index contributed by atoms with van der Waals surface area (Å²) >= 11 is 0. The standard InChI is InChI=1S/C16H24O2/c1-3-4-5-12-11-6-7-14(18)16(12)9-8-13(17)15(16)10(11)2/h11-13,15,17H,2-9H2,1H3/t11-,12-,13+,15+,16+/m1/s1. The Labute approximate surface area is 109 Å². The van der Waals surface area contributed by atoms with Crippen molar-refractivity contribution in [2.24, 2.45) is 23.2 Å². The van der Waals surface area contributed by atoms with Gasteiger partial charge in [0.05, 0.1) is 6.10 Å². The summed E-state index contributed by atoms with van der Waals surface area (Å²) in [5.74, 6) is 1.50. The van der Waals surface area contributed by atoms with Crippen LogP contribution in [0.15, 0.2) is 12.2 Å². The number of hydrogen-bond donors (Lipinski definition) is 1. The second-order valence-corrected chi connectivity index (χ2v) is 6.52. The summed E-state index contributed by atoms with van der Waals surface area (Å²) in [6.07, 6.45) is 6.63. The Balaban J connectivity index is 2.00. The molecule has 3 rings (SSSR count). The summed E-state index contributed by atoms with van der Waals surface area (Å²) in [4.78, 5) is 12.6. The highest BCUT2D eigenvalue weighted by atomic mass is 16.3. The molecule has 0 saturated heterocycles. The maximum Gasteiger partial charge on any atom is 0.140 e. The molecule has 0 radical (unpaired) electrons. The van der Waals surface area contributed by atoms with Gasteiger partial charge in [0.1, 0.15) is 5.78 Å². The van der Waals surface area contributed by atoms with Crippen LogP contribution < -0.4 is 0 Å². The van der Waals surface area contributed by atoms with Gasteiger partial charge in [0, 0.05) is 17.8 Å². The van der Waals surface area contributed by atoms with Crippen LogP contribution in [0.1, 0.15) is 51.9 Å². The average Bonchev–Trinajstić information content (AvgIpc) is 2.77. The molecule has 2 bridgehead atoms. The third-order valence-corrected chi connectivity index (χ3v) is 5.89. The first-order valence-corrected chi connectivity index (χ1v) is 7.53. The fraction of sp³-hybridized carbons (Fsp3) is 0.812. The first-order chi connectivity index (χ1) is 8.63. The molecule has 2 heteroatoms. The predicted octanol–water partition coefficient (Wildman–Crippen LogP) is 3.10. The van der Waals surface area contributed by atoms with Gasteiger partial charge in [-0.15, -0.1) is 0 Å². The second-order valence-electron chi connectivity index (χ2n) is 6.52. The third kappa shape index (κ3) is 1.36. The minimum absolute atomic E-state index is 0.0827. The van der Waals surface area contributed by atoms with E-state index in [1.165, 1.54) is 18.4 Å². The zero-order valence-corrected chi connectivity index (χ0v) is 11.3. The van der Waals surface area contributed by atoms with Gasteiger partial charge in [-0.1, -0.05) is 31.9 Å². The lowest BCUT2D eigenvalue weighted by Gasteiger charge is -2.39. The molecule has 1 N–H and O–H groups in total. The van der Waals surface area contributed by atoms with Crippen molar-refractivity contribution >= 4 is 5.78 Å². The van der Waals surface area contributed by atoms with Crippen LogP contribution in [0, 0.1) is 23.2 Å². The molecule has 5 atom stereocenters. The van der Waals surface area contributed by atoms with Gasteiger partial charge < -0.3 is 5.11 Å². The highest BCUT2D eigenvalue weighted by molar-refractivity contribution is 5.88. The van der Waals surface area contributed by atoms with Crippen molar-refractivity contribution in [1.29, 1.82) is 0 Å². The lowest BCUT2D eigenvalue weighted by molar-refractivity contribution is -0.136. The minimum Gasteiger partial charge on any atom is -0.392 e. The van der Waals surface area contributed by atoms with Crippen LogP contribution in [0.25, 0.3) is 0 Å². The molecule has 3 fully saturated rings. The Morgan fingerprint density at radius 1 is 1.44 bits per heavy atom. The number of hydrogen-bond acceptors (Lipinski definition) is 2. The molecular weight excluding hydrogens is 224 g/mol. The molecule has 0 aliphatic heterocycles. The number of fused-ring (bicyclic) bond motifs is 1. The molecule has 3 aliphatic rings. The van der Waals surface area contributed by atoms with E-state index in [4.69, 9.17) is 0 Å². The first-order valence-electron chi connectivity index (χ1n) is 7.53. The van der Waals surface area contributed by atoms with Crippen LogP contribution in [0.4, 0.5) is 0 Å². The molecule has 0 unspecified atom stereocenters. The number of aliphatic hydroxyl groups excluding tert-OH is 1. The van der Waals surface area contributed by atoms with E-state index in [0.29, 0.717) is 17.6 Å². The largest absolute Gasteiger partial charge is 0.392 e. The van der Waals surface area contributed by atoms with Crippen molar-refractivity contribution in [3.8, 4) is 0 Å². The highest BCUT2D eigenvalue weighted by Gasteiger charge is 2.66. The van der Waals surface area contributed by atoms with E-state index in [0.717, 1.165) is 32.1 Å². The Kier molecular flexibility index (Phi) is 2.89. The molecular formula is C16H24O2. The van der Waals surface area contributed by atoms with Crippen LogP contribution in [-0.2, 0) is 4.79 Å². The quantitative estimate of drug-likeness (QED) is 0.779. The van der Waals surface area contributed by atoms with Gasteiger partial charge in [0.2, 0.25) is 0 Å². The molecule has 1 spiro atoms. The van der Waals surface area contributed by atoms with E-state index in [2.05, 4.69) is 13.5 Å². The lowest BCUT2D eigenvalue weighted by Crippen LogP contribution is -2.42. The van der Waals surface area contributed by atoms with Crippen molar-refractivity contribution in [2.75, 3.05) is 0 Å². The molecule has 0 aromatic carbocycles.